The number of rotatable bonds is 10. The third-order valence-corrected chi connectivity index (χ3v) is 5.82. The number of hydrogen-bond donors (Lipinski definition) is 6. The molecule has 32 heavy (non-hydrogen) atoms. The largest absolute Gasteiger partial charge is 0.387 e. The topological polar surface area (TPSA) is 244 Å². The van der Waals surface area contributed by atoms with E-state index in [4.69, 9.17) is 26.1 Å². The van der Waals surface area contributed by atoms with Gasteiger partial charge in [-0.1, -0.05) is 6.42 Å². The summed E-state index contributed by atoms with van der Waals surface area (Å²) < 4.78 is 37.5. The first-order valence-corrected chi connectivity index (χ1v) is 11.2. The third kappa shape index (κ3) is 5.29. The Balaban J connectivity index is 1.60. The lowest BCUT2D eigenvalue weighted by molar-refractivity contribution is -0.120. The highest BCUT2D eigenvalue weighted by Crippen LogP contribution is 2.32. The Bertz CT molecular complexity index is 1050. The number of carbonyl (C=O) groups excluding carboxylic acids is 1. The highest BCUT2D eigenvalue weighted by molar-refractivity contribution is 7.85. The van der Waals surface area contributed by atoms with Crippen molar-refractivity contribution in [1.82, 2.24) is 24.2 Å². The standard InChI is InChI=1S/C16H26N8O7S/c17-4-2-1-3-8(18)15(27)23-32(28,29)30-5-9-11(25)12(26)16(31-9)24-7-22-10-13(19)20-6-21-14(10)24/h6-9,11-12,16,25-26H,1-5,17-18H2,(H,23,27)(H2,19,20,21)/t8-,9+,11+,12+,16+/m0/s1. The summed E-state index contributed by atoms with van der Waals surface area (Å²) in [6.45, 7) is -0.245. The molecule has 0 bridgehead atoms. The van der Waals surface area contributed by atoms with E-state index >= 15 is 0 Å². The van der Waals surface area contributed by atoms with Crippen LogP contribution in [0.5, 0.6) is 0 Å². The van der Waals surface area contributed by atoms with E-state index in [2.05, 4.69) is 15.0 Å². The fourth-order valence-electron chi connectivity index (χ4n) is 3.18. The Morgan fingerprint density at radius 2 is 2.03 bits per heavy atom. The van der Waals surface area contributed by atoms with Crippen molar-refractivity contribution in [3.8, 4) is 0 Å². The Kier molecular flexibility index (Phi) is 7.55. The van der Waals surface area contributed by atoms with Crippen LogP contribution in [0.4, 0.5) is 5.82 Å². The molecule has 2 aromatic rings. The summed E-state index contributed by atoms with van der Waals surface area (Å²) in [5.74, 6) is -0.820. The Hall–Kier alpha value is -2.47. The van der Waals surface area contributed by atoms with Gasteiger partial charge in [0.15, 0.2) is 17.7 Å². The lowest BCUT2D eigenvalue weighted by Gasteiger charge is -2.16. The summed E-state index contributed by atoms with van der Waals surface area (Å²) in [6, 6.07) is -1.05. The molecule has 3 rings (SSSR count). The van der Waals surface area contributed by atoms with Gasteiger partial charge in [-0.05, 0) is 19.4 Å². The second kappa shape index (κ2) is 9.99. The van der Waals surface area contributed by atoms with Gasteiger partial charge in [0.2, 0.25) is 0 Å². The van der Waals surface area contributed by atoms with E-state index in [9.17, 15) is 23.4 Å². The predicted octanol–water partition coefficient (Wildman–Crippen LogP) is -3.14. The van der Waals surface area contributed by atoms with Crippen molar-refractivity contribution in [3.63, 3.8) is 0 Å². The molecule has 1 amide bonds. The van der Waals surface area contributed by atoms with Crippen molar-refractivity contribution in [2.24, 2.45) is 11.5 Å². The molecule has 0 unspecified atom stereocenters. The number of nitrogen functional groups attached to an aromatic ring is 1. The smallest absolute Gasteiger partial charge is 0.362 e. The number of carbonyl (C=O) groups is 1. The fourth-order valence-corrected chi connectivity index (χ4v) is 3.95. The zero-order valence-electron chi connectivity index (χ0n) is 16.9. The van der Waals surface area contributed by atoms with Gasteiger partial charge < -0.3 is 32.2 Å². The number of nitrogens with two attached hydrogens (primary N) is 3. The van der Waals surface area contributed by atoms with E-state index in [1.165, 1.54) is 17.2 Å². The lowest BCUT2D eigenvalue weighted by Crippen LogP contribution is -2.45. The summed E-state index contributed by atoms with van der Waals surface area (Å²) >= 11 is 0. The average molecular weight is 475 g/mol. The Morgan fingerprint density at radius 3 is 2.75 bits per heavy atom. The minimum Gasteiger partial charge on any atom is -0.387 e. The third-order valence-electron chi connectivity index (χ3n) is 4.92. The lowest BCUT2D eigenvalue weighted by atomic mass is 10.1. The number of nitrogens with one attached hydrogen (secondary N) is 1. The van der Waals surface area contributed by atoms with Crippen LogP contribution in [-0.4, -0.2) is 81.6 Å². The second-order valence-corrected chi connectivity index (χ2v) is 8.57. The van der Waals surface area contributed by atoms with Gasteiger partial charge in [0.25, 0.3) is 5.91 Å². The zero-order chi connectivity index (χ0) is 23.5. The quantitative estimate of drug-likeness (QED) is 0.187. The van der Waals surface area contributed by atoms with Crippen molar-refractivity contribution < 1.29 is 32.3 Å². The van der Waals surface area contributed by atoms with Crippen LogP contribution in [0.25, 0.3) is 11.2 Å². The highest BCUT2D eigenvalue weighted by Gasteiger charge is 2.45. The average Bonchev–Trinajstić information content (AvgIpc) is 3.29. The van der Waals surface area contributed by atoms with Crippen molar-refractivity contribution in [1.29, 1.82) is 0 Å². The van der Waals surface area contributed by atoms with Crippen molar-refractivity contribution >= 4 is 33.2 Å². The van der Waals surface area contributed by atoms with Crippen molar-refractivity contribution in [2.75, 3.05) is 18.9 Å². The van der Waals surface area contributed by atoms with Gasteiger partial charge >= 0.3 is 10.3 Å². The van der Waals surface area contributed by atoms with Gasteiger partial charge in [0, 0.05) is 0 Å². The van der Waals surface area contributed by atoms with Crippen LogP contribution in [0.3, 0.4) is 0 Å². The predicted molar refractivity (Wildman–Crippen MR) is 110 cm³/mol. The molecule has 1 aliphatic rings. The van der Waals surface area contributed by atoms with Gasteiger partial charge in [-0.3, -0.25) is 13.5 Å². The van der Waals surface area contributed by atoms with Crippen molar-refractivity contribution in [3.05, 3.63) is 12.7 Å². The number of unbranched alkanes of at least 4 members (excludes halogenated alkanes) is 1. The maximum absolute atomic E-state index is 12.1. The van der Waals surface area contributed by atoms with Crippen LogP contribution in [0.15, 0.2) is 12.7 Å². The minimum absolute atomic E-state index is 0.115. The molecule has 1 saturated heterocycles. The molecule has 16 heteroatoms. The first-order valence-electron chi connectivity index (χ1n) is 9.76. The maximum Gasteiger partial charge on any atom is 0.362 e. The van der Waals surface area contributed by atoms with Gasteiger partial charge in [-0.2, -0.15) is 8.42 Å². The summed E-state index contributed by atoms with van der Waals surface area (Å²) in [4.78, 5) is 23.8. The van der Waals surface area contributed by atoms with E-state index in [0.29, 0.717) is 19.4 Å². The Morgan fingerprint density at radius 1 is 1.28 bits per heavy atom. The number of aliphatic hydroxyl groups excluding tert-OH is 2. The van der Waals surface area contributed by atoms with Crippen LogP contribution < -0.4 is 21.9 Å². The number of hydrogen-bond acceptors (Lipinski definition) is 13. The molecular weight excluding hydrogens is 448 g/mol. The van der Waals surface area contributed by atoms with Crippen LogP contribution >= 0.6 is 0 Å². The molecule has 2 aromatic heterocycles. The number of aliphatic hydroxyl groups is 2. The normalized spacial score (nSPS) is 24.6. The number of imidazole rings is 1. The number of fused-ring (bicyclic) bond motifs is 1. The number of aromatic nitrogens is 4. The van der Waals surface area contributed by atoms with Crippen molar-refractivity contribution in [2.45, 2.75) is 49.8 Å². The van der Waals surface area contributed by atoms with E-state index in [-0.39, 0.29) is 23.4 Å². The zero-order valence-corrected chi connectivity index (χ0v) is 17.8. The van der Waals surface area contributed by atoms with E-state index in [1.54, 1.807) is 4.72 Å². The van der Waals surface area contributed by atoms with Gasteiger partial charge in [-0.25, -0.2) is 19.7 Å². The molecule has 0 aliphatic carbocycles. The van der Waals surface area contributed by atoms with E-state index in [0.717, 1.165) is 0 Å². The summed E-state index contributed by atoms with van der Waals surface area (Å²) in [7, 11) is -4.53. The first-order chi connectivity index (χ1) is 15.1. The molecule has 1 aliphatic heterocycles. The molecule has 0 aromatic carbocycles. The molecule has 0 saturated carbocycles. The summed E-state index contributed by atoms with van der Waals surface area (Å²) in [5.41, 5.74) is 17.3. The molecule has 178 valence electrons. The molecular formula is C16H26N8O7S. The molecule has 1 fully saturated rings. The van der Waals surface area contributed by atoms with Crippen LogP contribution in [-0.2, 0) is 24.0 Å². The highest BCUT2D eigenvalue weighted by atomic mass is 32.2. The molecule has 3 heterocycles. The van der Waals surface area contributed by atoms with Gasteiger partial charge in [0.05, 0.1) is 19.0 Å². The van der Waals surface area contributed by atoms with E-state index < -0.39 is 53.4 Å². The number of amides is 1. The summed E-state index contributed by atoms with van der Waals surface area (Å²) in [6.07, 6.45) is -1.38. The number of nitrogens with zero attached hydrogens (tertiary/aromatic N) is 4. The monoisotopic (exact) mass is 474 g/mol. The molecule has 9 N–H and O–H groups in total. The number of ether oxygens (including phenoxy) is 1. The molecule has 0 spiro atoms. The number of anilines is 1. The SMILES string of the molecule is NCCCC[C@H](N)C(=O)NS(=O)(=O)OC[C@H]1O[C@@H](n2cnc3c(N)ncnc32)[C@H](O)[C@@H]1O. The van der Waals surface area contributed by atoms with Crippen LogP contribution in [0.1, 0.15) is 25.5 Å². The first kappa shape index (κ1) is 24.2. The fraction of sp³-hybridized carbons (Fsp3) is 0.625. The van der Waals surface area contributed by atoms with Gasteiger partial charge in [0.1, 0.15) is 30.2 Å². The Labute approximate surface area is 183 Å². The molecule has 5 atom stereocenters. The minimum atomic E-state index is -4.53. The van der Waals surface area contributed by atoms with E-state index in [1.807, 2.05) is 0 Å². The van der Waals surface area contributed by atoms with Gasteiger partial charge in [-0.15, -0.1) is 0 Å². The second-order valence-electron chi connectivity index (χ2n) is 7.23. The van der Waals surface area contributed by atoms with Crippen LogP contribution in [0.2, 0.25) is 0 Å². The van der Waals surface area contributed by atoms with Crippen LogP contribution in [0, 0.1) is 0 Å². The molecule has 15 nitrogen and oxygen atoms in total. The molecule has 0 radical (unpaired) electrons. The summed E-state index contributed by atoms with van der Waals surface area (Å²) in [5, 5.41) is 20.7. The maximum atomic E-state index is 12.1.